The summed E-state index contributed by atoms with van der Waals surface area (Å²) in [5, 5.41) is 0. The predicted octanol–water partition coefficient (Wildman–Crippen LogP) is 6.33. The van der Waals surface area contributed by atoms with Gasteiger partial charge in [-0.05, 0) is 17.7 Å². The van der Waals surface area contributed by atoms with E-state index in [0.29, 0.717) is 0 Å². The van der Waals surface area contributed by atoms with Crippen molar-refractivity contribution in [3.63, 3.8) is 0 Å². The van der Waals surface area contributed by atoms with Gasteiger partial charge in [-0.15, -0.1) is 0 Å². The summed E-state index contributed by atoms with van der Waals surface area (Å²) in [5.41, 5.74) is -1.87. The van der Waals surface area contributed by atoms with Crippen LogP contribution in [0.15, 0.2) is 60.9 Å². The smallest absolute Gasteiger partial charge is 0.344 e. The monoisotopic (exact) mass is 407 g/mol. The minimum atomic E-state index is -4.61. The van der Waals surface area contributed by atoms with Gasteiger partial charge in [0.05, 0.1) is 23.0 Å². The van der Waals surface area contributed by atoms with Crippen molar-refractivity contribution in [1.29, 1.82) is 0 Å². The molecule has 2 aromatic heterocycles. The summed E-state index contributed by atoms with van der Waals surface area (Å²) in [7, 11) is 0. The summed E-state index contributed by atoms with van der Waals surface area (Å²) in [6.45, 7) is 0. The molecule has 29 heavy (non-hydrogen) atoms. The number of rotatable bonds is 2. The summed E-state index contributed by atoms with van der Waals surface area (Å²) >= 11 is 0. The van der Waals surface area contributed by atoms with E-state index in [0.717, 1.165) is 18.3 Å². The fourth-order valence-electron chi connectivity index (χ4n) is 3.15. The topological polar surface area (TPSA) is 41.6 Å². The summed E-state index contributed by atoms with van der Waals surface area (Å²) in [5.74, 6) is 0. The standard InChI is InChI=1S/C20H11F6N3/c21-19(22,23)14-7-3-1-5-11(14)13-9-27-18-17(13)29-16(10-28-18)12-6-2-4-8-15(12)20(24,25)26/h1-10H,(H,27,28). The number of fused-ring (bicyclic) bond motifs is 1. The molecule has 4 aromatic rings. The number of benzene rings is 2. The second-order valence-electron chi connectivity index (χ2n) is 6.24. The van der Waals surface area contributed by atoms with Crippen LogP contribution in [0.5, 0.6) is 0 Å². The van der Waals surface area contributed by atoms with Crippen molar-refractivity contribution in [3.8, 4) is 22.4 Å². The SMILES string of the molecule is FC(F)(F)c1ccccc1-c1cnc2[nH]cc(-c3ccccc3C(F)(F)F)c2n1. The molecule has 0 fully saturated rings. The summed E-state index contributed by atoms with van der Waals surface area (Å²) in [6.07, 6.45) is -6.75. The first kappa shape index (κ1) is 19.0. The molecule has 4 rings (SSSR count). The number of aromatic nitrogens is 3. The Balaban J connectivity index is 1.93. The number of nitrogens with zero attached hydrogens (tertiary/aromatic N) is 2. The number of H-pyrrole nitrogens is 1. The molecule has 0 saturated heterocycles. The Morgan fingerprint density at radius 2 is 1.24 bits per heavy atom. The zero-order valence-electron chi connectivity index (χ0n) is 14.4. The van der Waals surface area contributed by atoms with Crippen LogP contribution in [0.1, 0.15) is 11.1 Å². The fourth-order valence-corrected chi connectivity index (χ4v) is 3.15. The minimum absolute atomic E-state index is 0.0520. The lowest BCUT2D eigenvalue weighted by atomic mass is 10.0. The van der Waals surface area contributed by atoms with Crippen molar-refractivity contribution in [3.05, 3.63) is 72.1 Å². The number of hydrogen-bond acceptors (Lipinski definition) is 2. The van der Waals surface area contributed by atoms with Crippen molar-refractivity contribution in [2.45, 2.75) is 12.4 Å². The number of hydrogen-bond donors (Lipinski definition) is 1. The van der Waals surface area contributed by atoms with Gasteiger partial charge in [0, 0.05) is 17.3 Å². The van der Waals surface area contributed by atoms with Crippen molar-refractivity contribution in [2.24, 2.45) is 0 Å². The first-order valence-corrected chi connectivity index (χ1v) is 8.33. The van der Waals surface area contributed by atoms with Crippen LogP contribution in [0.3, 0.4) is 0 Å². The maximum absolute atomic E-state index is 13.4. The lowest BCUT2D eigenvalue weighted by Gasteiger charge is -2.13. The van der Waals surface area contributed by atoms with Crippen LogP contribution in [0, 0.1) is 0 Å². The summed E-state index contributed by atoms with van der Waals surface area (Å²) in [4.78, 5) is 11.0. The Kier molecular flexibility index (Phi) is 4.33. The Morgan fingerprint density at radius 1 is 0.690 bits per heavy atom. The molecule has 0 atom stereocenters. The molecule has 2 aromatic carbocycles. The van der Waals surface area contributed by atoms with E-state index >= 15 is 0 Å². The van der Waals surface area contributed by atoms with Gasteiger partial charge >= 0.3 is 12.4 Å². The van der Waals surface area contributed by atoms with Crippen LogP contribution < -0.4 is 0 Å². The average molecular weight is 407 g/mol. The minimum Gasteiger partial charge on any atom is -0.344 e. The molecule has 0 unspecified atom stereocenters. The Hall–Kier alpha value is -3.36. The van der Waals surface area contributed by atoms with Crippen molar-refractivity contribution < 1.29 is 26.3 Å². The van der Waals surface area contributed by atoms with E-state index in [1.165, 1.54) is 42.6 Å². The predicted molar refractivity (Wildman–Crippen MR) is 94.8 cm³/mol. The lowest BCUT2D eigenvalue weighted by Crippen LogP contribution is -2.08. The van der Waals surface area contributed by atoms with E-state index in [-0.39, 0.29) is 33.5 Å². The van der Waals surface area contributed by atoms with Crippen molar-refractivity contribution in [2.75, 3.05) is 0 Å². The Labute approximate surface area is 160 Å². The van der Waals surface area contributed by atoms with Gasteiger partial charge in [-0.2, -0.15) is 26.3 Å². The van der Waals surface area contributed by atoms with Gasteiger partial charge in [-0.1, -0.05) is 36.4 Å². The Bertz CT molecular complexity index is 1190. The summed E-state index contributed by atoms with van der Waals surface area (Å²) < 4.78 is 80.2. The molecule has 0 saturated carbocycles. The molecular weight excluding hydrogens is 396 g/mol. The van der Waals surface area contributed by atoms with E-state index in [1.807, 2.05) is 0 Å². The molecule has 0 spiro atoms. The normalized spacial score (nSPS) is 12.5. The van der Waals surface area contributed by atoms with Gasteiger partial charge in [0.2, 0.25) is 0 Å². The zero-order chi connectivity index (χ0) is 20.8. The van der Waals surface area contributed by atoms with E-state index in [9.17, 15) is 26.3 Å². The summed E-state index contributed by atoms with van der Waals surface area (Å²) in [6, 6.07) is 9.76. The molecule has 3 nitrogen and oxygen atoms in total. The fraction of sp³-hybridized carbons (Fsp3) is 0.100. The molecule has 0 aliphatic rings. The third kappa shape index (κ3) is 3.43. The number of alkyl halides is 6. The van der Waals surface area contributed by atoms with E-state index in [4.69, 9.17) is 0 Å². The first-order chi connectivity index (χ1) is 13.7. The van der Waals surface area contributed by atoms with Crippen LogP contribution in [-0.2, 0) is 12.4 Å². The average Bonchev–Trinajstić information content (AvgIpc) is 3.10. The molecule has 0 amide bonds. The molecule has 0 aliphatic heterocycles. The van der Waals surface area contributed by atoms with Crippen LogP contribution in [0.2, 0.25) is 0 Å². The van der Waals surface area contributed by atoms with Gasteiger partial charge in [0.15, 0.2) is 5.65 Å². The molecule has 0 radical (unpaired) electrons. The van der Waals surface area contributed by atoms with E-state index in [1.54, 1.807) is 0 Å². The molecular formula is C20H11F6N3. The maximum Gasteiger partial charge on any atom is 0.417 e. The van der Waals surface area contributed by atoms with E-state index < -0.39 is 23.5 Å². The van der Waals surface area contributed by atoms with Crippen molar-refractivity contribution >= 4 is 11.2 Å². The highest BCUT2D eigenvalue weighted by atomic mass is 19.4. The third-order valence-electron chi connectivity index (χ3n) is 4.41. The molecule has 148 valence electrons. The maximum atomic E-state index is 13.4. The molecule has 9 heteroatoms. The number of halogens is 6. The number of aromatic amines is 1. The molecule has 2 heterocycles. The van der Waals surface area contributed by atoms with Crippen molar-refractivity contribution in [1.82, 2.24) is 15.0 Å². The van der Waals surface area contributed by atoms with E-state index in [2.05, 4.69) is 15.0 Å². The van der Waals surface area contributed by atoms with Crippen LogP contribution in [-0.4, -0.2) is 15.0 Å². The van der Waals surface area contributed by atoms with Gasteiger partial charge in [0.25, 0.3) is 0 Å². The van der Waals surface area contributed by atoms with Gasteiger partial charge in [-0.3, -0.25) is 0 Å². The second-order valence-corrected chi connectivity index (χ2v) is 6.24. The quantitative estimate of drug-likeness (QED) is 0.395. The third-order valence-corrected chi connectivity index (χ3v) is 4.41. The zero-order valence-corrected chi connectivity index (χ0v) is 14.4. The lowest BCUT2D eigenvalue weighted by molar-refractivity contribution is -0.137. The highest BCUT2D eigenvalue weighted by Gasteiger charge is 2.35. The van der Waals surface area contributed by atoms with Gasteiger partial charge in [-0.25, -0.2) is 9.97 Å². The molecule has 0 bridgehead atoms. The molecule has 1 N–H and O–H groups in total. The van der Waals surface area contributed by atoms with Gasteiger partial charge < -0.3 is 4.98 Å². The van der Waals surface area contributed by atoms with Crippen LogP contribution in [0.25, 0.3) is 33.5 Å². The second kappa shape index (κ2) is 6.61. The largest absolute Gasteiger partial charge is 0.417 e. The highest BCUT2D eigenvalue weighted by molar-refractivity contribution is 5.92. The Morgan fingerprint density at radius 3 is 1.86 bits per heavy atom. The number of nitrogens with one attached hydrogen (secondary N) is 1. The highest BCUT2D eigenvalue weighted by Crippen LogP contribution is 2.40. The van der Waals surface area contributed by atoms with Crippen LogP contribution in [0.4, 0.5) is 26.3 Å². The first-order valence-electron chi connectivity index (χ1n) is 8.33. The van der Waals surface area contributed by atoms with Gasteiger partial charge in [0.1, 0.15) is 5.52 Å². The van der Waals surface area contributed by atoms with Crippen LogP contribution >= 0.6 is 0 Å². The molecule has 0 aliphatic carbocycles.